The number of non-ortho nitro benzene ring substituents is 1. The van der Waals surface area contributed by atoms with Crippen LogP contribution in [-0.2, 0) is 6.42 Å². The summed E-state index contributed by atoms with van der Waals surface area (Å²) < 4.78 is 0. The Morgan fingerprint density at radius 1 is 1.08 bits per heavy atom. The van der Waals surface area contributed by atoms with Gasteiger partial charge in [-0.25, -0.2) is 0 Å². The molecule has 0 aromatic heterocycles. The molecule has 25 heavy (non-hydrogen) atoms. The number of hydrazine groups is 1. The van der Waals surface area contributed by atoms with Gasteiger partial charge in [-0.2, -0.15) is 0 Å². The molecule has 0 radical (unpaired) electrons. The second kappa shape index (κ2) is 8.02. The summed E-state index contributed by atoms with van der Waals surface area (Å²) in [6, 6.07) is 10.9. The van der Waals surface area contributed by atoms with E-state index in [0.717, 1.165) is 24.2 Å². The summed E-state index contributed by atoms with van der Waals surface area (Å²) in [5.74, 6) is 0. The zero-order valence-corrected chi connectivity index (χ0v) is 14.0. The predicted octanol–water partition coefficient (Wildman–Crippen LogP) is 3.38. The van der Waals surface area contributed by atoms with Crippen molar-refractivity contribution in [1.82, 2.24) is 5.43 Å². The summed E-state index contributed by atoms with van der Waals surface area (Å²) in [6.07, 6.45) is 0.925. The molecule has 2 aromatic rings. The highest BCUT2D eigenvalue weighted by Gasteiger charge is 2.19. The Bertz CT molecular complexity index is 810. The van der Waals surface area contributed by atoms with E-state index in [9.17, 15) is 20.2 Å². The van der Waals surface area contributed by atoms with E-state index in [-0.39, 0.29) is 16.5 Å². The zero-order valence-electron chi connectivity index (χ0n) is 13.2. The highest BCUT2D eigenvalue weighted by atomic mass is 32.1. The summed E-state index contributed by atoms with van der Waals surface area (Å²) in [7, 11) is 0. The maximum atomic E-state index is 11.1. The molecule has 0 aliphatic rings. The number of benzene rings is 2. The lowest BCUT2D eigenvalue weighted by atomic mass is 10.1. The number of nitro groups is 2. The standard InChI is InChI=1S/C15H15N5O4S/c1-2-10-3-5-11(6-4-10)16-15(25)18-17-13-8-7-12(19(21)22)9-14(13)20(23)24/h3-9,17H,2H2,1H3,(H2,16,18,25). The van der Waals surface area contributed by atoms with E-state index in [1.807, 2.05) is 24.3 Å². The quantitative estimate of drug-likeness (QED) is 0.406. The Balaban J connectivity index is 2.03. The van der Waals surface area contributed by atoms with Crippen molar-refractivity contribution in [2.75, 3.05) is 10.7 Å². The molecule has 0 bridgehead atoms. The summed E-state index contributed by atoms with van der Waals surface area (Å²) in [5.41, 5.74) is 6.40. The molecular formula is C15H15N5O4S. The highest BCUT2D eigenvalue weighted by molar-refractivity contribution is 7.80. The molecule has 0 saturated carbocycles. The van der Waals surface area contributed by atoms with E-state index in [2.05, 4.69) is 23.1 Å². The molecule has 2 rings (SSSR count). The van der Waals surface area contributed by atoms with E-state index >= 15 is 0 Å². The van der Waals surface area contributed by atoms with Crippen molar-refractivity contribution in [3.05, 3.63) is 68.3 Å². The van der Waals surface area contributed by atoms with Crippen LogP contribution in [0.1, 0.15) is 12.5 Å². The largest absolute Gasteiger partial charge is 0.331 e. The molecule has 0 amide bonds. The van der Waals surface area contributed by atoms with Crippen molar-refractivity contribution in [2.45, 2.75) is 13.3 Å². The van der Waals surface area contributed by atoms with Gasteiger partial charge in [-0.3, -0.25) is 31.1 Å². The summed E-state index contributed by atoms with van der Waals surface area (Å²) in [6.45, 7) is 2.05. The van der Waals surface area contributed by atoms with E-state index in [0.29, 0.717) is 0 Å². The Labute approximate surface area is 148 Å². The van der Waals surface area contributed by atoms with E-state index in [1.165, 1.54) is 11.6 Å². The van der Waals surface area contributed by atoms with Crippen LogP contribution < -0.4 is 16.2 Å². The van der Waals surface area contributed by atoms with Crippen molar-refractivity contribution in [2.24, 2.45) is 0 Å². The van der Waals surface area contributed by atoms with Gasteiger partial charge in [0.15, 0.2) is 5.11 Å². The Hall–Kier alpha value is -3.27. The maximum Gasteiger partial charge on any atom is 0.300 e. The molecule has 9 nitrogen and oxygen atoms in total. The monoisotopic (exact) mass is 361 g/mol. The molecule has 3 N–H and O–H groups in total. The number of anilines is 2. The lowest BCUT2D eigenvalue weighted by Crippen LogP contribution is -2.33. The molecule has 0 saturated heterocycles. The third-order valence-corrected chi connectivity index (χ3v) is 3.52. The van der Waals surface area contributed by atoms with Crippen molar-refractivity contribution in [3.8, 4) is 0 Å². The average molecular weight is 361 g/mol. The van der Waals surface area contributed by atoms with E-state index in [4.69, 9.17) is 12.2 Å². The van der Waals surface area contributed by atoms with Gasteiger partial charge in [0, 0.05) is 11.8 Å². The van der Waals surface area contributed by atoms with Gasteiger partial charge in [-0.1, -0.05) is 19.1 Å². The minimum Gasteiger partial charge on any atom is -0.331 e. The molecule has 0 aliphatic carbocycles. The molecular weight excluding hydrogens is 346 g/mol. The van der Waals surface area contributed by atoms with Crippen LogP contribution in [-0.4, -0.2) is 15.0 Å². The highest BCUT2D eigenvalue weighted by Crippen LogP contribution is 2.28. The minimum absolute atomic E-state index is 0.0566. The van der Waals surface area contributed by atoms with Crippen LogP contribution in [0.4, 0.5) is 22.7 Å². The minimum atomic E-state index is -0.711. The zero-order chi connectivity index (χ0) is 18.4. The van der Waals surface area contributed by atoms with Gasteiger partial charge >= 0.3 is 5.69 Å². The Kier molecular flexibility index (Phi) is 5.79. The molecule has 2 aromatic carbocycles. The van der Waals surface area contributed by atoms with Crippen LogP contribution in [0, 0.1) is 20.2 Å². The van der Waals surface area contributed by atoms with Crippen molar-refractivity contribution >= 4 is 40.1 Å². The molecule has 0 spiro atoms. The molecule has 0 unspecified atom stereocenters. The van der Waals surface area contributed by atoms with Gasteiger partial charge in [0.2, 0.25) is 0 Å². The van der Waals surface area contributed by atoms with Crippen LogP contribution in [0.5, 0.6) is 0 Å². The number of rotatable bonds is 6. The van der Waals surface area contributed by atoms with Crippen LogP contribution in [0.3, 0.4) is 0 Å². The topological polar surface area (TPSA) is 122 Å². The fourth-order valence-electron chi connectivity index (χ4n) is 2.00. The van der Waals surface area contributed by atoms with Crippen LogP contribution in [0.15, 0.2) is 42.5 Å². The summed E-state index contributed by atoms with van der Waals surface area (Å²) >= 11 is 5.11. The number of hydrogen-bond acceptors (Lipinski definition) is 6. The third kappa shape index (κ3) is 4.85. The van der Waals surface area contributed by atoms with Crippen LogP contribution in [0.2, 0.25) is 0 Å². The van der Waals surface area contributed by atoms with Crippen LogP contribution >= 0.6 is 12.2 Å². The number of aryl methyl sites for hydroxylation is 1. The van der Waals surface area contributed by atoms with Gasteiger partial charge < -0.3 is 5.32 Å². The average Bonchev–Trinajstić information content (AvgIpc) is 2.60. The van der Waals surface area contributed by atoms with Crippen molar-refractivity contribution in [1.29, 1.82) is 0 Å². The molecule has 0 aliphatic heterocycles. The SMILES string of the molecule is CCc1ccc(NC(=S)NNc2ccc([N+](=O)[O-])cc2[N+](=O)[O-])cc1. The van der Waals surface area contributed by atoms with Gasteiger partial charge in [-0.15, -0.1) is 0 Å². The second-order valence-electron chi connectivity index (χ2n) is 4.97. The first-order valence-electron chi connectivity index (χ1n) is 7.25. The van der Waals surface area contributed by atoms with Gasteiger partial charge in [0.05, 0.1) is 15.9 Å². The van der Waals surface area contributed by atoms with Gasteiger partial charge in [0.25, 0.3) is 5.69 Å². The Morgan fingerprint density at radius 3 is 2.32 bits per heavy atom. The number of nitro benzene ring substituents is 2. The number of nitrogens with zero attached hydrogens (tertiary/aromatic N) is 2. The molecule has 130 valence electrons. The third-order valence-electron chi connectivity index (χ3n) is 3.32. The van der Waals surface area contributed by atoms with E-state index < -0.39 is 15.5 Å². The first kappa shape index (κ1) is 18.1. The lowest BCUT2D eigenvalue weighted by Gasteiger charge is -2.13. The molecule has 0 fully saturated rings. The second-order valence-corrected chi connectivity index (χ2v) is 5.38. The number of thiocarbonyl (C=S) groups is 1. The molecule has 0 heterocycles. The first-order chi connectivity index (χ1) is 11.9. The first-order valence-corrected chi connectivity index (χ1v) is 7.66. The maximum absolute atomic E-state index is 11.1. The smallest absolute Gasteiger partial charge is 0.300 e. The fourth-order valence-corrected chi connectivity index (χ4v) is 2.17. The van der Waals surface area contributed by atoms with Crippen molar-refractivity contribution in [3.63, 3.8) is 0 Å². The van der Waals surface area contributed by atoms with E-state index in [1.54, 1.807) is 0 Å². The lowest BCUT2D eigenvalue weighted by molar-refractivity contribution is -0.393. The molecule has 0 atom stereocenters. The van der Waals surface area contributed by atoms with Crippen molar-refractivity contribution < 1.29 is 9.85 Å². The molecule has 10 heteroatoms. The number of hydrogen-bond donors (Lipinski definition) is 3. The summed E-state index contributed by atoms with van der Waals surface area (Å²) in [4.78, 5) is 20.4. The summed E-state index contributed by atoms with van der Waals surface area (Å²) in [5, 5.41) is 24.9. The predicted molar refractivity (Wildman–Crippen MR) is 98.5 cm³/mol. The number of nitrogens with one attached hydrogen (secondary N) is 3. The normalized spacial score (nSPS) is 9.96. The van der Waals surface area contributed by atoms with Gasteiger partial charge in [-0.05, 0) is 42.4 Å². The van der Waals surface area contributed by atoms with Crippen LogP contribution in [0.25, 0.3) is 0 Å². The fraction of sp³-hybridized carbons (Fsp3) is 0.133. The van der Waals surface area contributed by atoms with Gasteiger partial charge in [0.1, 0.15) is 5.69 Å². The Morgan fingerprint density at radius 2 is 1.76 bits per heavy atom.